The van der Waals surface area contributed by atoms with Crippen LogP contribution in [0.4, 0.5) is 0 Å². The fourth-order valence-electron chi connectivity index (χ4n) is 2.07. The van der Waals surface area contributed by atoms with Crippen LogP contribution in [0.1, 0.15) is 49.7 Å². The van der Waals surface area contributed by atoms with E-state index in [1.54, 1.807) is 6.07 Å². The fourth-order valence-corrected chi connectivity index (χ4v) is 2.28. The summed E-state index contributed by atoms with van der Waals surface area (Å²) in [5, 5.41) is 9.21. The molecule has 0 spiro atoms. The van der Waals surface area contributed by atoms with Crippen LogP contribution in [0.3, 0.4) is 0 Å². The van der Waals surface area contributed by atoms with Crippen molar-refractivity contribution in [3.05, 3.63) is 28.5 Å². The van der Waals surface area contributed by atoms with Crippen molar-refractivity contribution >= 4 is 23.5 Å². The Hall–Kier alpha value is -1.62. The van der Waals surface area contributed by atoms with Gasteiger partial charge in [-0.2, -0.15) is 0 Å². The lowest BCUT2D eigenvalue weighted by Crippen LogP contribution is -2.37. The van der Waals surface area contributed by atoms with Gasteiger partial charge in [-0.05, 0) is 25.0 Å². The Balaban J connectivity index is 2.33. The maximum Gasteiger partial charge on any atom is 0.323 e. The molecule has 2 rings (SSSR count). The second-order valence-electron chi connectivity index (χ2n) is 6.37. The molecular formula is C15H19ClN2O3. The largest absolute Gasteiger partial charge is 0.480 e. The van der Waals surface area contributed by atoms with Gasteiger partial charge in [0, 0.05) is 22.7 Å². The van der Waals surface area contributed by atoms with Crippen LogP contribution in [0.5, 0.6) is 0 Å². The third-order valence-corrected chi connectivity index (χ3v) is 3.56. The van der Waals surface area contributed by atoms with Crippen LogP contribution in [0.25, 0.3) is 0 Å². The monoisotopic (exact) mass is 310 g/mol. The summed E-state index contributed by atoms with van der Waals surface area (Å²) in [5.41, 5.74) is 0.870. The Morgan fingerprint density at radius 3 is 2.48 bits per heavy atom. The molecule has 1 aliphatic rings. The zero-order chi connectivity index (χ0) is 15.8. The first-order valence-corrected chi connectivity index (χ1v) is 7.27. The highest BCUT2D eigenvalue weighted by molar-refractivity contribution is 6.29. The molecule has 1 aromatic heterocycles. The topological polar surface area (TPSA) is 70.5 Å². The van der Waals surface area contributed by atoms with E-state index >= 15 is 0 Å². The second kappa shape index (κ2) is 5.64. The van der Waals surface area contributed by atoms with Gasteiger partial charge in [-0.1, -0.05) is 32.4 Å². The average Bonchev–Trinajstić information content (AvgIpc) is 3.17. The number of hydrogen-bond donors (Lipinski definition) is 1. The van der Waals surface area contributed by atoms with Crippen molar-refractivity contribution in [3.63, 3.8) is 0 Å². The van der Waals surface area contributed by atoms with E-state index in [1.807, 2.05) is 20.8 Å². The average molecular weight is 311 g/mol. The number of carbonyl (C=O) groups is 2. The molecule has 1 amide bonds. The van der Waals surface area contributed by atoms with Crippen molar-refractivity contribution in [2.45, 2.75) is 45.1 Å². The molecule has 21 heavy (non-hydrogen) atoms. The number of aromatic nitrogens is 1. The Kier molecular flexibility index (Phi) is 4.23. The molecule has 1 aliphatic carbocycles. The minimum atomic E-state index is -1.01. The smallest absolute Gasteiger partial charge is 0.323 e. The van der Waals surface area contributed by atoms with Gasteiger partial charge < -0.3 is 10.0 Å². The highest BCUT2D eigenvalue weighted by Gasteiger charge is 2.34. The van der Waals surface area contributed by atoms with Crippen molar-refractivity contribution < 1.29 is 14.7 Å². The lowest BCUT2D eigenvalue weighted by atomic mass is 9.90. The van der Waals surface area contributed by atoms with Gasteiger partial charge in [0.2, 0.25) is 0 Å². The van der Waals surface area contributed by atoms with Crippen molar-refractivity contribution in [3.8, 4) is 0 Å². The molecule has 0 atom stereocenters. The quantitative estimate of drug-likeness (QED) is 0.868. The minimum absolute atomic E-state index is 0.0265. The van der Waals surface area contributed by atoms with Gasteiger partial charge in [-0.3, -0.25) is 9.59 Å². The standard InChI is InChI=1S/C15H19ClN2O3/c1-15(2,3)11-6-9(7-12(16)17-11)14(21)18(8-13(19)20)10-4-5-10/h6-7,10H,4-5,8H2,1-3H3,(H,19,20). The van der Waals surface area contributed by atoms with Gasteiger partial charge in [0.15, 0.2) is 0 Å². The van der Waals surface area contributed by atoms with Gasteiger partial charge in [-0.25, -0.2) is 4.98 Å². The molecule has 1 fully saturated rings. The molecule has 5 nitrogen and oxygen atoms in total. The van der Waals surface area contributed by atoms with Gasteiger partial charge in [0.05, 0.1) is 0 Å². The van der Waals surface area contributed by atoms with Crippen molar-refractivity contribution in [2.24, 2.45) is 0 Å². The molecular weight excluding hydrogens is 292 g/mol. The number of hydrogen-bond acceptors (Lipinski definition) is 3. The number of carbonyl (C=O) groups excluding carboxylic acids is 1. The summed E-state index contributed by atoms with van der Waals surface area (Å²) in [6.45, 7) is 5.66. The van der Waals surface area contributed by atoms with Crippen molar-refractivity contribution in [1.29, 1.82) is 0 Å². The number of carboxylic acid groups (broad SMARTS) is 1. The molecule has 0 aromatic carbocycles. The van der Waals surface area contributed by atoms with E-state index in [9.17, 15) is 9.59 Å². The molecule has 114 valence electrons. The summed E-state index contributed by atoms with van der Waals surface area (Å²) < 4.78 is 0. The van der Waals surface area contributed by atoms with Crippen molar-refractivity contribution in [2.75, 3.05) is 6.54 Å². The first-order valence-electron chi connectivity index (χ1n) is 6.89. The first-order chi connectivity index (χ1) is 9.68. The summed E-state index contributed by atoms with van der Waals surface area (Å²) in [6, 6.07) is 3.22. The molecule has 1 heterocycles. The number of pyridine rings is 1. The van der Waals surface area contributed by atoms with Gasteiger partial charge in [0.25, 0.3) is 5.91 Å². The molecule has 1 N–H and O–H groups in total. The van der Waals surface area contributed by atoms with E-state index in [4.69, 9.17) is 16.7 Å². The normalized spacial score (nSPS) is 14.9. The SMILES string of the molecule is CC(C)(C)c1cc(C(=O)N(CC(=O)O)C2CC2)cc(Cl)n1. The molecule has 1 aromatic rings. The summed E-state index contributed by atoms with van der Waals surface area (Å²) >= 11 is 6.01. The van der Waals surface area contributed by atoms with Crippen molar-refractivity contribution in [1.82, 2.24) is 9.88 Å². The zero-order valence-corrected chi connectivity index (χ0v) is 13.1. The first kappa shape index (κ1) is 15.8. The van der Waals surface area contributed by atoms with Crippen LogP contribution >= 0.6 is 11.6 Å². The Bertz CT molecular complexity index is 577. The van der Waals surface area contributed by atoms with E-state index in [2.05, 4.69) is 4.98 Å². The van der Waals surface area contributed by atoms with Crippen LogP contribution in [-0.2, 0) is 10.2 Å². The minimum Gasteiger partial charge on any atom is -0.480 e. The maximum atomic E-state index is 12.6. The Morgan fingerprint density at radius 2 is 2.00 bits per heavy atom. The number of halogens is 1. The lowest BCUT2D eigenvalue weighted by molar-refractivity contribution is -0.137. The highest BCUT2D eigenvalue weighted by Crippen LogP contribution is 2.29. The predicted octanol–water partition coefficient (Wildman–Crippen LogP) is 2.72. The van der Waals surface area contributed by atoms with Gasteiger partial charge in [-0.15, -0.1) is 0 Å². The molecule has 0 radical (unpaired) electrons. The second-order valence-corrected chi connectivity index (χ2v) is 6.76. The van der Waals surface area contributed by atoms with E-state index in [0.29, 0.717) is 11.3 Å². The number of amides is 1. The Morgan fingerprint density at radius 1 is 1.38 bits per heavy atom. The van der Waals surface area contributed by atoms with Crippen LogP contribution in [0.15, 0.2) is 12.1 Å². The van der Waals surface area contributed by atoms with E-state index in [-0.39, 0.29) is 29.1 Å². The zero-order valence-electron chi connectivity index (χ0n) is 12.4. The van der Waals surface area contributed by atoms with Gasteiger partial charge >= 0.3 is 5.97 Å². The van der Waals surface area contributed by atoms with Crippen LogP contribution in [-0.4, -0.2) is 39.5 Å². The molecule has 0 aliphatic heterocycles. The molecule has 0 saturated heterocycles. The lowest BCUT2D eigenvalue weighted by Gasteiger charge is -2.22. The molecule has 0 unspecified atom stereocenters. The predicted molar refractivity (Wildman–Crippen MR) is 79.6 cm³/mol. The van der Waals surface area contributed by atoms with Crippen LogP contribution < -0.4 is 0 Å². The number of aliphatic carboxylic acids is 1. The van der Waals surface area contributed by atoms with Crippen LogP contribution in [0, 0.1) is 0 Å². The number of nitrogens with zero attached hydrogens (tertiary/aromatic N) is 2. The highest BCUT2D eigenvalue weighted by atomic mass is 35.5. The summed E-state index contributed by atoms with van der Waals surface area (Å²) in [7, 11) is 0. The van der Waals surface area contributed by atoms with E-state index in [0.717, 1.165) is 12.8 Å². The molecule has 0 bridgehead atoms. The van der Waals surface area contributed by atoms with Crippen LogP contribution in [0.2, 0.25) is 5.15 Å². The van der Waals surface area contributed by atoms with E-state index < -0.39 is 5.97 Å². The fraction of sp³-hybridized carbons (Fsp3) is 0.533. The van der Waals surface area contributed by atoms with E-state index in [1.165, 1.54) is 11.0 Å². The summed E-state index contributed by atoms with van der Waals surface area (Å²) in [4.78, 5) is 29.2. The maximum absolute atomic E-state index is 12.6. The Labute approximate surface area is 128 Å². The van der Waals surface area contributed by atoms with Gasteiger partial charge in [0.1, 0.15) is 11.7 Å². The third kappa shape index (κ3) is 3.94. The third-order valence-electron chi connectivity index (χ3n) is 3.36. The molecule has 1 saturated carbocycles. The summed E-state index contributed by atoms with van der Waals surface area (Å²) in [5.74, 6) is -1.30. The molecule has 6 heteroatoms. The number of carboxylic acids is 1. The number of rotatable bonds is 4. The summed E-state index contributed by atoms with van der Waals surface area (Å²) in [6.07, 6.45) is 1.70.